The second-order valence-electron chi connectivity index (χ2n) is 7.26. The third-order valence-electron chi connectivity index (χ3n) is 5.39. The summed E-state index contributed by atoms with van der Waals surface area (Å²) in [4.78, 5) is 20.5. The molecule has 1 aromatic heterocycles. The molecule has 3 aliphatic rings. The Kier molecular flexibility index (Phi) is 5.27. The monoisotopic (exact) mass is 384 g/mol. The molecule has 28 heavy (non-hydrogen) atoms. The zero-order valence-electron chi connectivity index (χ0n) is 15.8. The molecular weight excluding hydrogens is 359 g/mol. The average molecular weight is 384 g/mol. The van der Waals surface area contributed by atoms with Crippen LogP contribution in [0.25, 0.3) is 5.57 Å². The van der Waals surface area contributed by atoms with Crippen molar-refractivity contribution in [1.29, 1.82) is 0 Å². The molecule has 7 nitrogen and oxygen atoms in total. The molecule has 3 heterocycles. The molecule has 8 heteroatoms. The number of hydrogen-bond donors (Lipinski definition) is 4. The Balaban J connectivity index is 1.55. The molecule has 1 fully saturated rings. The Hall–Kier alpha value is -2.90. The molecule has 148 valence electrons. The first-order chi connectivity index (χ1) is 13.7. The molecule has 4 N–H and O–H groups in total. The van der Waals surface area contributed by atoms with Crippen LogP contribution in [0.2, 0.25) is 0 Å². The summed E-state index contributed by atoms with van der Waals surface area (Å²) in [5.41, 5.74) is 1.86. The van der Waals surface area contributed by atoms with Gasteiger partial charge in [0, 0.05) is 35.9 Å². The number of amides is 1. The molecule has 0 bridgehead atoms. The largest absolute Gasteiger partial charge is 0.368 e. The van der Waals surface area contributed by atoms with Gasteiger partial charge in [-0.25, -0.2) is 14.4 Å². The molecule has 1 amide bonds. The number of halogens is 1. The zero-order valence-corrected chi connectivity index (χ0v) is 15.8. The van der Waals surface area contributed by atoms with Crippen LogP contribution < -0.4 is 21.3 Å². The molecule has 1 aromatic rings. The van der Waals surface area contributed by atoms with E-state index in [0.717, 1.165) is 36.8 Å². The maximum absolute atomic E-state index is 14.5. The molecule has 0 radical (unpaired) electrons. The summed E-state index contributed by atoms with van der Waals surface area (Å²) in [6.07, 6.45) is 13.1. The van der Waals surface area contributed by atoms with Crippen molar-refractivity contribution in [3.05, 3.63) is 48.0 Å². The van der Waals surface area contributed by atoms with Gasteiger partial charge in [0.2, 0.25) is 5.91 Å². The lowest BCUT2D eigenvalue weighted by molar-refractivity contribution is -0.121. The summed E-state index contributed by atoms with van der Waals surface area (Å²) in [5.74, 6) is 0.165. The number of allylic oxidation sites excluding steroid dienone is 2. The van der Waals surface area contributed by atoms with Crippen molar-refractivity contribution in [3.63, 3.8) is 0 Å². The van der Waals surface area contributed by atoms with Crippen molar-refractivity contribution < 1.29 is 9.18 Å². The van der Waals surface area contributed by atoms with Crippen molar-refractivity contribution in [3.8, 4) is 0 Å². The van der Waals surface area contributed by atoms with Gasteiger partial charge in [0.05, 0.1) is 6.20 Å². The predicted molar refractivity (Wildman–Crippen MR) is 105 cm³/mol. The lowest BCUT2D eigenvalue weighted by Gasteiger charge is -2.33. The minimum absolute atomic E-state index is 0.0144. The van der Waals surface area contributed by atoms with Crippen LogP contribution in [-0.4, -0.2) is 34.1 Å². The van der Waals surface area contributed by atoms with Gasteiger partial charge in [0.25, 0.3) is 0 Å². The number of fused-ring (bicyclic) bond motifs is 1. The highest BCUT2D eigenvalue weighted by atomic mass is 19.1. The van der Waals surface area contributed by atoms with Crippen molar-refractivity contribution >= 4 is 17.3 Å². The summed E-state index contributed by atoms with van der Waals surface area (Å²) >= 11 is 0. The van der Waals surface area contributed by atoms with Gasteiger partial charge in [-0.2, -0.15) is 0 Å². The summed E-state index contributed by atoms with van der Waals surface area (Å²) in [5, 5.41) is 12.7. The Labute approximate surface area is 163 Å². The van der Waals surface area contributed by atoms with E-state index in [1.165, 1.54) is 6.20 Å². The maximum Gasteiger partial charge on any atom is 0.220 e. The van der Waals surface area contributed by atoms with Crippen molar-refractivity contribution in [1.82, 2.24) is 25.9 Å². The van der Waals surface area contributed by atoms with E-state index in [9.17, 15) is 9.18 Å². The number of aromatic nitrogens is 2. The normalized spacial score (nSPS) is 25.7. The van der Waals surface area contributed by atoms with Crippen LogP contribution >= 0.6 is 0 Å². The first-order valence-corrected chi connectivity index (χ1v) is 9.84. The summed E-state index contributed by atoms with van der Waals surface area (Å²) in [6, 6.07) is -0.0745. The molecule has 0 spiro atoms. The number of rotatable bonds is 5. The Morgan fingerprint density at radius 3 is 2.93 bits per heavy atom. The van der Waals surface area contributed by atoms with Gasteiger partial charge in [0.1, 0.15) is 6.17 Å². The fourth-order valence-corrected chi connectivity index (χ4v) is 3.88. The van der Waals surface area contributed by atoms with E-state index in [-0.39, 0.29) is 30.0 Å². The van der Waals surface area contributed by atoms with E-state index in [0.29, 0.717) is 12.2 Å². The lowest BCUT2D eigenvalue weighted by Crippen LogP contribution is -2.48. The number of anilines is 1. The zero-order chi connectivity index (χ0) is 19.5. The first kappa shape index (κ1) is 18.5. The van der Waals surface area contributed by atoms with Crippen LogP contribution in [-0.2, 0) is 4.79 Å². The van der Waals surface area contributed by atoms with Crippen LogP contribution in [0.15, 0.2) is 36.3 Å². The highest BCUT2D eigenvalue weighted by molar-refractivity contribution is 5.80. The van der Waals surface area contributed by atoms with Gasteiger partial charge in [0.15, 0.2) is 17.5 Å². The van der Waals surface area contributed by atoms with Gasteiger partial charge in [-0.15, -0.1) is 0 Å². The Morgan fingerprint density at radius 2 is 2.11 bits per heavy atom. The summed E-state index contributed by atoms with van der Waals surface area (Å²) in [6.45, 7) is 1.83. The average Bonchev–Trinajstić information content (AvgIpc) is 3.15. The third-order valence-corrected chi connectivity index (χ3v) is 5.39. The highest BCUT2D eigenvalue weighted by Crippen LogP contribution is 2.29. The molecule has 4 rings (SSSR count). The van der Waals surface area contributed by atoms with E-state index in [4.69, 9.17) is 0 Å². The van der Waals surface area contributed by atoms with Crippen LogP contribution in [0, 0.1) is 5.82 Å². The van der Waals surface area contributed by atoms with E-state index in [2.05, 4.69) is 31.2 Å². The molecule has 1 aliphatic carbocycles. The van der Waals surface area contributed by atoms with E-state index >= 15 is 0 Å². The van der Waals surface area contributed by atoms with Crippen LogP contribution in [0.1, 0.15) is 44.9 Å². The van der Waals surface area contributed by atoms with Crippen LogP contribution in [0.3, 0.4) is 0 Å². The molecule has 3 atom stereocenters. The third kappa shape index (κ3) is 3.72. The molecule has 3 unspecified atom stereocenters. The number of carbonyl (C=O) groups excluding carboxylic acids is 1. The van der Waals surface area contributed by atoms with Crippen molar-refractivity contribution in [2.45, 2.75) is 57.3 Å². The number of hydrogen-bond acceptors (Lipinski definition) is 6. The second-order valence-corrected chi connectivity index (χ2v) is 7.26. The molecular formula is C20H25FN6O. The number of nitrogens with one attached hydrogen (secondary N) is 4. The number of carbonyl (C=O) groups is 1. The SMILES string of the molecule is CCC(=O)NC1CCCCC1Nc1nc(C2=CNC3NC=CC=C23)ncc1F. The van der Waals surface area contributed by atoms with Gasteiger partial charge >= 0.3 is 0 Å². The fraction of sp³-hybridized carbons (Fsp3) is 0.450. The van der Waals surface area contributed by atoms with Crippen molar-refractivity contribution in [2.75, 3.05) is 5.32 Å². The van der Waals surface area contributed by atoms with Crippen molar-refractivity contribution in [2.24, 2.45) is 0 Å². The van der Waals surface area contributed by atoms with Crippen LogP contribution in [0.5, 0.6) is 0 Å². The second kappa shape index (κ2) is 8.00. The topological polar surface area (TPSA) is 91.0 Å². The maximum atomic E-state index is 14.5. The smallest absolute Gasteiger partial charge is 0.220 e. The standard InChI is InChI=1S/C20H25FN6O/c1-2-17(28)25-15-7-3-4-8-16(15)26-20-14(21)11-24-19(27-20)13-10-23-18-12(13)6-5-9-22-18/h5-6,9-11,15-16,18,22-23H,2-4,7-8H2,1H3,(H,25,28)(H,24,26,27). The van der Waals surface area contributed by atoms with Gasteiger partial charge < -0.3 is 21.3 Å². The lowest BCUT2D eigenvalue weighted by atomic mass is 9.90. The minimum atomic E-state index is -0.492. The summed E-state index contributed by atoms with van der Waals surface area (Å²) < 4.78 is 14.5. The van der Waals surface area contributed by atoms with Gasteiger partial charge in [-0.3, -0.25) is 4.79 Å². The Morgan fingerprint density at radius 1 is 1.29 bits per heavy atom. The number of dihydropyridines is 1. The van der Waals surface area contributed by atoms with E-state index in [1.807, 2.05) is 31.5 Å². The van der Waals surface area contributed by atoms with E-state index in [1.54, 1.807) is 0 Å². The number of nitrogens with zero attached hydrogens (tertiary/aromatic N) is 2. The Bertz CT molecular complexity index is 849. The van der Waals surface area contributed by atoms with Gasteiger partial charge in [-0.1, -0.05) is 25.8 Å². The molecule has 2 aliphatic heterocycles. The summed E-state index contributed by atoms with van der Waals surface area (Å²) in [7, 11) is 0. The molecule has 0 saturated heterocycles. The first-order valence-electron chi connectivity index (χ1n) is 9.84. The minimum Gasteiger partial charge on any atom is -0.368 e. The fourth-order valence-electron chi connectivity index (χ4n) is 3.88. The highest BCUT2D eigenvalue weighted by Gasteiger charge is 2.29. The van der Waals surface area contributed by atoms with Crippen LogP contribution in [0.4, 0.5) is 10.2 Å². The molecule has 0 aromatic carbocycles. The molecule has 1 saturated carbocycles. The van der Waals surface area contributed by atoms with Gasteiger partial charge in [-0.05, 0) is 25.1 Å². The predicted octanol–water partition coefficient (Wildman–Crippen LogP) is 2.18. The van der Waals surface area contributed by atoms with E-state index < -0.39 is 5.82 Å². The quantitative estimate of drug-likeness (QED) is 0.622.